The topological polar surface area (TPSA) is 4.93 Å². The van der Waals surface area contributed by atoms with Gasteiger partial charge in [0, 0.05) is 18.3 Å². The molecule has 23 heavy (non-hydrogen) atoms. The molecule has 0 unspecified atom stereocenters. The van der Waals surface area contributed by atoms with Crippen LogP contribution in [-0.4, -0.2) is 11.3 Å². The fraction of sp³-hybridized carbons (Fsp3) is 0.619. The molecule has 2 saturated heterocycles. The first-order valence-electron chi connectivity index (χ1n) is 9.96. The molecule has 0 saturated carbocycles. The number of nitrogens with zero attached hydrogens (tertiary/aromatic N) is 1. The highest BCUT2D eigenvalue weighted by molar-refractivity contribution is 6.62. The Morgan fingerprint density at radius 3 is 2.39 bits per heavy atom. The average molecular weight is 307 g/mol. The van der Waals surface area contributed by atoms with E-state index >= 15 is 0 Å². The zero-order valence-corrected chi connectivity index (χ0v) is 14.4. The molecule has 2 aliphatic heterocycles. The maximum absolute atomic E-state index is 2.44. The van der Waals surface area contributed by atoms with E-state index in [1.54, 1.807) is 0 Å². The lowest BCUT2D eigenvalue weighted by atomic mass is 9.26. The summed E-state index contributed by atoms with van der Waals surface area (Å²) in [6.45, 7) is 2.27. The Balaban J connectivity index is 1.23. The standard InChI is InChI=1S/C21H30BN/c1(4-15-22-19-9-6-10-20(22)12-7-11-19)5-16-23-17-14-18-8-2-3-13-21(18)23/h2-3,8,13-14,17,19-20H,1,4-7,9-12,15-16H2. The molecule has 1 aromatic carbocycles. The Morgan fingerprint density at radius 1 is 0.870 bits per heavy atom. The van der Waals surface area contributed by atoms with Crippen molar-refractivity contribution in [2.75, 3.05) is 0 Å². The number of unbranched alkanes of at least 4 members (excludes halogenated alkanes) is 2. The number of rotatable bonds is 6. The number of hydrogen-bond acceptors (Lipinski definition) is 0. The quantitative estimate of drug-likeness (QED) is 0.429. The molecule has 0 aliphatic carbocycles. The van der Waals surface area contributed by atoms with Crippen molar-refractivity contribution in [2.24, 2.45) is 0 Å². The molecule has 2 bridgehead atoms. The molecule has 1 nitrogen and oxygen atoms in total. The van der Waals surface area contributed by atoms with E-state index in [0.29, 0.717) is 0 Å². The summed E-state index contributed by atoms with van der Waals surface area (Å²) in [5.41, 5.74) is 1.40. The number of hydrogen-bond donors (Lipinski definition) is 0. The lowest BCUT2D eigenvalue weighted by molar-refractivity contribution is 0.439. The largest absolute Gasteiger partial charge is 0.347 e. The Kier molecular flexibility index (Phi) is 4.78. The van der Waals surface area contributed by atoms with E-state index in [4.69, 9.17) is 0 Å². The van der Waals surface area contributed by atoms with Gasteiger partial charge in [0.05, 0.1) is 0 Å². The van der Waals surface area contributed by atoms with Crippen LogP contribution in [0.2, 0.25) is 18.0 Å². The molecular weight excluding hydrogens is 277 g/mol. The molecule has 0 spiro atoms. The fourth-order valence-electron chi connectivity index (χ4n) is 5.46. The summed E-state index contributed by atoms with van der Waals surface area (Å²) >= 11 is 0. The number of aromatic nitrogens is 1. The van der Waals surface area contributed by atoms with E-state index in [0.717, 1.165) is 18.3 Å². The minimum Gasteiger partial charge on any atom is -0.347 e. The van der Waals surface area contributed by atoms with Crippen molar-refractivity contribution in [2.45, 2.75) is 82.3 Å². The summed E-state index contributed by atoms with van der Waals surface area (Å²) < 4.78 is 2.44. The van der Waals surface area contributed by atoms with Crippen molar-refractivity contribution in [3.05, 3.63) is 36.5 Å². The molecule has 0 N–H and O–H groups in total. The zero-order valence-electron chi connectivity index (χ0n) is 14.4. The average Bonchev–Trinajstić information content (AvgIpc) is 2.98. The lowest BCUT2D eigenvalue weighted by Gasteiger charge is -2.40. The second-order valence-corrected chi connectivity index (χ2v) is 7.96. The van der Waals surface area contributed by atoms with Crippen molar-refractivity contribution in [3.63, 3.8) is 0 Å². The van der Waals surface area contributed by atoms with E-state index in [1.165, 1.54) is 81.6 Å². The minimum atomic E-state index is 1.09. The van der Waals surface area contributed by atoms with Gasteiger partial charge in [-0.25, -0.2) is 0 Å². The summed E-state index contributed by atoms with van der Waals surface area (Å²) in [6, 6.07) is 11.0. The molecular formula is C21H30BN. The van der Waals surface area contributed by atoms with Gasteiger partial charge in [0.15, 0.2) is 0 Å². The van der Waals surface area contributed by atoms with Gasteiger partial charge in [-0.2, -0.15) is 0 Å². The van der Waals surface area contributed by atoms with Crippen LogP contribution in [-0.2, 0) is 6.54 Å². The molecule has 3 heterocycles. The monoisotopic (exact) mass is 307 g/mol. The highest BCUT2D eigenvalue weighted by Crippen LogP contribution is 2.48. The van der Waals surface area contributed by atoms with Crippen LogP contribution in [0.3, 0.4) is 0 Å². The van der Waals surface area contributed by atoms with Crippen LogP contribution in [0, 0.1) is 0 Å². The van der Waals surface area contributed by atoms with Crippen molar-refractivity contribution in [1.29, 1.82) is 0 Å². The Labute approximate surface area is 141 Å². The Bertz CT molecular complexity index is 610. The van der Waals surface area contributed by atoms with Crippen LogP contribution < -0.4 is 0 Å². The molecule has 0 amide bonds. The third kappa shape index (κ3) is 3.37. The maximum Gasteiger partial charge on any atom is 0.146 e. The maximum atomic E-state index is 2.44. The molecule has 4 rings (SSSR count). The summed E-state index contributed by atoms with van der Waals surface area (Å²) in [6.07, 6.45) is 17.2. The number of aryl methyl sites for hydroxylation is 1. The van der Waals surface area contributed by atoms with E-state index in [2.05, 4.69) is 41.1 Å². The first-order valence-corrected chi connectivity index (χ1v) is 9.96. The van der Waals surface area contributed by atoms with Gasteiger partial charge in [-0.05, 0) is 23.9 Å². The molecule has 1 aromatic heterocycles. The van der Waals surface area contributed by atoms with E-state index in [9.17, 15) is 0 Å². The third-order valence-corrected chi connectivity index (χ3v) is 6.63. The van der Waals surface area contributed by atoms with E-state index in [1.807, 2.05) is 0 Å². The fourth-order valence-corrected chi connectivity index (χ4v) is 5.46. The van der Waals surface area contributed by atoms with Gasteiger partial charge >= 0.3 is 0 Å². The number of para-hydroxylation sites is 1. The Morgan fingerprint density at radius 2 is 1.61 bits per heavy atom. The highest BCUT2D eigenvalue weighted by Gasteiger charge is 2.37. The van der Waals surface area contributed by atoms with Gasteiger partial charge in [0.25, 0.3) is 0 Å². The van der Waals surface area contributed by atoms with Gasteiger partial charge in [-0.15, -0.1) is 0 Å². The van der Waals surface area contributed by atoms with Crippen LogP contribution in [0.15, 0.2) is 36.5 Å². The van der Waals surface area contributed by atoms with Gasteiger partial charge in [-0.3, -0.25) is 0 Å². The van der Waals surface area contributed by atoms with Crippen molar-refractivity contribution in [1.82, 2.24) is 4.57 Å². The molecule has 2 fully saturated rings. The first-order chi connectivity index (χ1) is 11.4. The summed E-state index contributed by atoms with van der Waals surface area (Å²) in [4.78, 5) is 0. The first kappa shape index (κ1) is 15.4. The lowest BCUT2D eigenvalue weighted by Crippen LogP contribution is -2.34. The van der Waals surface area contributed by atoms with Gasteiger partial charge < -0.3 is 4.57 Å². The van der Waals surface area contributed by atoms with Crippen LogP contribution in [0.5, 0.6) is 0 Å². The van der Waals surface area contributed by atoms with Crippen molar-refractivity contribution in [3.8, 4) is 0 Å². The van der Waals surface area contributed by atoms with Gasteiger partial charge in [-0.1, -0.05) is 87.5 Å². The van der Waals surface area contributed by atoms with Crippen molar-refractivity contribution < 1.29 is 0 Å². The minimum absolute atomic E-state index is 1.09. The summed E-state index contributed by atoms with van der Waals surface area (Å²) in [7, 11) is 0. The summed E-state index contributed by atoms with van der Waals surface area (Å²) in [5, 5.41) is 1.38. The smallest absolute Gasteiger partial charge is 0.146 e. The van der Waals surface area contributed by atoms with Crippen LogP contribution in [0.1, 0.15) is 57.8 Å². The molecule has 2 aromatic rings. The molecule has 0 radical (unpaired) electrons. The predicted molar refractivity (Wildman–Crippen MR) is 102 cm³/mol. The Hall–Kier alpha value is -1.18. The second-order valence-electron chi connectivity index (χ2n) is 7.96. The zero-order chi connectivity index (χ0) is 15.5. The van der Waals surface area contributed by atoms with Gasteiger partial charge in [0.1, 0.15) is 6.71 Å². The van der Waals surface area contributed by atoms with Crippen LogP contribution in [0.4, 0.5) is 0 Å². The molecule has 2 aliphatic rings. The van der Waals surface area contributed by atoms with Crippen LogP contribution >= 0.6 is 0 Å². The van der Waals surface area contributed by atoms with Crippen LogP contribution in [0.25, 0.3) is 10.9 Å². The summed E-state index contributed by atoms with van der Waals surface area (Å²) in [5.74, 6) is 2.19. The third-order valence-electron chi connectivity index (χ3n) is 6.63. The molecule has 0 atom stereocenters. The predicted octanol–water partition coefficient (Wildman–Crippen LogP) is 6.41. The number of fused-ring (bicyclic) bond motifs is 3. The molecule has 2 heteroatoms. The van der Waals surface area contributed by atoms with Gasteiger partial charge in [0.2, 0.25) is 0 Å². The van der Waals surface area contributed by atoms with E-state index in [-0.39, 0.29) is 0 Å². The normalized spacial score (nSPS) is 24.3. The highest BCUT2D eigenvalue weighted by atomic mass is 14.9. The SMILES string of the molecule is c1ccc2c(c1)ccn2CCCCCB1C2CCCC1CCC2. The molecule has 122 valence electrons. The number of benzene rings is 1. The van der Waals surface area contributed by atoms with Crippen molar-refractivity contribution >= 4 is 17.6 Å². The van der Waals surface area contributed by atoms with E-state index < -0.39 is 0 Å². The second kappa shape index (κ2) is 7.15.